The molecule has 0 radical (unpaired) electrons. The van der Waals surface area contributed by atoms with E-state index in [4.69, 9.17) is 4.74 Å². The number of allylic oxidation sites excluding steroid dienone is 2. The number of rotatable bonds is 43. The van der Waals surface area contributed by atoms with Gasteiger partial charge in [0.15, 0.2) is 0 Å². The van der Waals surface area contributed by atoms with Crippen LogP contribution in [-0.2, 0) is 14.3 Å². The fraction of sp³-hybridized carbons (Fsp3) is 0.917. The summed E-state index contributed by atoms with van der Waals surface area (Å²) in [6.07, 6.45) is 45.5. The first-order valence-corrected chi connectivity index (χ1v) is 23.9. The van der Waals surface area contributed by atoms with Gasteiger partial charge in [-0.3, -0.25) is 9.59 Å². The molecule has 1 amide bonds. The average Bonchev–Trinajstić information content (AvgIpc) is 3.16. The Balaban J connectivity index is 4.57. The lowest BCUT2D eigenvalue weighted by atomic mass is 10.0. The van der Waals surface area contributed by atoms with Gasteiger partial charge in [0.25, 0.3) is 0 Å². The smallest absolute Gasteiger partial charge is 0.306 e. The van der Waals surface area contributed by atoms with E-state index in [1.165, 1.54) is 154 Å². The summed E-state index contributed by atoms with van der Waals surface area (Å²) >= 11 is 0. The Hall–Kier alpha value is -1.40. The Morgan fingerprint density at radius 1 is 0.519 bits per heavy atom. The minimum atomic E-state index is -0.782. The van der Waals surface area contributed by atoms with Crippen molar-refractivity contribution in [2.75, 3.05) is 6.61 Å². The summed E-state index contributed by atoms with van der Waals surface area (Å²) in [6.45, 7) is 6.46. The lowest BCUT2D eigenvalue weighted by Gasteiger charge is -2.24. The van der Waals surface area contributed by atoms with Crippen molar-refractivity contribution >= 4 is 11.9 Å². The number of amides is 1. The van der Waals surface area contributed by atoms with Crippen LogP contribution in [0.1, 0.15) is 258 Å². The summed E-state index contributed by atoms with van der Waals surface area (Å²) < 4.78 is 5.91. The zero-order valence-electron chi connectivity index (χ0n) is 36.4. The lowest BCUT2D eigenvalue weighted by Crippen LogP contribution is -2.46. The van der Waals surface area contributed by atoms with E-state index >= 15 is 0 Å². The van der Waals surface area contributed by atoms with E-state index in [0.29, 0.717) is 19.3 Å². The number of aliphatic hydroxyl groups is 2. The summed E-state index contributed by atoms with van der Waals surface area (Å²) in [4.78, 5) is 26.0. The normalized spacial score (nSPS) is 13.4. The van der Waals surface area contributed by atoms with Crippen LogP contribution in [0.2, 0.25) is 0 Å². The molecule has 54 heavy (non-hydrogen) atoms. The standard InChI is InChI=1S/C48H93NO5/c1-4-7-10-13-16-19-22-23-26-27-30-33-36-39-44(54-48(53)41-38-35-32-29-25-21-18-15-12-9-6-3)42-47(52)49-45(43-50)46(51)40-37-34-31-28-24-20-17-14-11-8-5-2/h19,22,44-46,50-51H,4-18,20-21,23-43H2,1-3H3,(H,49,52)/b22-19-. The number of carbonyl (C=O) groups excluding carboxylic acids is 2. The first-order valence-electron chi connectivity index (χ1n) is 23.9. The number of hydrogen-bond acceptors (Lipinski definition) is 5. The largest absolute Gasteiger partial charge is 0.462 e. The molecule has 0 rings (SSSR count). The van der Waals surface area contributed by atoms with E-state index in [0.717, 1.165) is 57.8 Å². The van der Waals surface area contributed by atoms with Gasteiger partial charge in [-0.25, -0.2) is 0 Å². The first-order chi connectivity index (χ1) is 26.5. The SMILES string of the molecule is CCCCCC/C=C\CCCCCCCC(CC(=O)NC(CO)C(O)CCCCCCCCCCCCC)OC(=O)CCCCCCCCCCCCC. The molecule has 0 heterocycles. The highest BCUT2D eigenvalue weighted by molar-refractivity contribution is 5.77. The van der Waals surface area contributed by atoms with Crippen LogP contribution < -0.4 is 5.32 Å². The van der Waals surface area contributed by atoms with Crippen molar-refractivity contribution in [2.24, 2.45) is 0 Å². The Bertz CT molecular complexity index is 817. The monoisotopic (exact) mass is 764 g/mol. The molecule has 0 bridgehead atoms. The fourth-order valence-corrected chi connectivity index (χ4v) is 7.43. The number of aliphatic hydroxyl groups excluding tert-OH is 2. The molecule has 0 spiro atoms. The van der Waals surface area contributed by atoms with Crippen LogP contribution in [0.15, 0.2) is 12.2 Å². The van der Waals surface area contributed by atoms with Gasteiger partial charge in [-0.2, -0.15) is 0 Å². The molecule has 6 nitrogen and oxygen atoms in total. The van der Waals surface area contributed by atoms with E-state index in [2.05, 4.69) is 38.2 Å². The molecule has 0 aromatic carbocycles. The number of unbranched alkanes of at least 4 members (excludes halogenated alkanes) is 29. The van der Waals surface area contributed by atoms with Crippen molar-refractivity contribution < 1.29 is 24.5 Å². The highest BCUT2D eigenvalue weighted by Gasteiger charge is 2.24. The second-order valence-corrected chi connectivity index (χ2v) is 16.5. The Morgan fingerprint density at radius 2 is 0.889 bits per heavy atom. The van der Waals surface area contributed by atoms with E-state index in [1.807, 2.05) is 0 Å². The summed E-state index contributed by atoms with van der Waals surface area (Å²) in [5.41, 5.74) is 0. The molecule has 3 unspecified atom stereocenters. The Morgan fingerprint density at radius 3 is 1.33 bits per heavy atom. The van der Waals surface area contributed by atoms with Crippen molar-refractivity contribution in [3.63, 3.8) is 0 Å². The predicted molar refractivity (Wildman–Crippen MR) is 232 cm³/mol. The van der Waals surface area contributed by atoms with Crippen molar-refractivity contribution in [1.82, 2.24) is 5.32 Å². The van der Waals surface area contributed by atoms with Crippen LogP contribution in [0.4, 0.5) is 0 Å². The maximum Gasteiger partial charge on any atom is 0.306 e. The van der Waals surface area contributed by atoms with Gasteiger partial charge < -0.3 is 20.3 Å². The fourth-order valence-electron chi connectivity index (χ4n) is 7.43. The van der Waals surface area contributed by atoms with E-state index in [1.54, 1.807) is 0 Å². The highest BCUT2D eigenvalue weighted by Crippen LogP contribution is 2.18. The van der Waals surface area contributed by atoms with Gasteiger partial charge in [0.2, 0.25) is 5.91 Å². The van der Waals surface area contributed by atoms with Crippen LogP contribution in [0.25, 0.3) is 0 Å². The minimum absolute atomic E-state index is 0.0781. The summed E-state index contributed by atoms with van der Waals surface area (Å²) in [6, 6.07) is -0.696. The van der Waals surface area contributed by atoms with Crippen molar-refractivity contribution in [3.05, 3.63) is 12.2 Å². The molecular formula is C48H93NO5. The molecule has 320 valence electrons. The molecule has 0 aromatic rings. The quantitative estimate of drug-likeness (QED) is 0.0326. The van der Waals surface area contributed by atoms with Gasteiger partial charge >= 0.3 is 5.97 Å². The highest BCUT2D eigenvalue weighted by atomic mass is 16.5. The topological polar surface area (TPSA) is 95.9 Å². The second kappa shape index (κ2) is 42.7. The number of nitrogens with one attached hydrogen (secondary N) is 1. The molecule has 0 fully saturated rings. The van der Waals surface area contributed by atoms with Gasteiger partial charge in [0, 0.05) is 6.42 Å². The van der Waals surface area contributed by atoms with Gasteiger partial charge in [0.05, 0.1) is 25.2 Å². The van der Waals surface area contributed by atoms with Gasteiger partial charge in [-0.15, -0.1) is 0 Å². The Labute approximate surface area is 336 Å². The van der Waals surface area contributed by atoms with Gasteiger partial charge in [0.1, 0.15) is 6.10 Å². The van der Waals surface area contributed by atoms with Crippen LogP contribution in [0, 0.1) is 0 Å². The minimum Gasteiger partial charge on any atom is -0.462 e. The molecule has 0 aromatic heterocycles. The van der Waals surface area contributed by atoms with Crippen molar-refractivity contribution in [1.29, 1.82) is 0 Å². The Kier molecular flexibility index (Phi) is 41.6. The molecule has 6 heteroatoms. The van der Waals surface area contributed by atoms with Crippen LogP contribution in [0.5, 0.6) is 0 Å². The zero-order valence-corrected chi connectivity index (χ0v) is 36.4. The average molecular weight is 764 g/mol. The van der Waals surface area contributed by atoms with Crippen molar-refractivity contribution in [2.45, 2.75) is 277 Å². The first kappa shape index (κ1) is 52.6. The summed E-state index contributed by atoms with van der Waals surface area (Å²) in [5, 5.41) is 23.7. The number of ether oxygens (including phenoxy) is 1. The van der Waals surface area contributed by atoms with Crippen LogP contribution in [0.3, 0.4) is 0 Å². The second-order valence-electron chi connectivity index (χ2n) is 16.5. The third-order valence-corrected chi connectivity index (χ3v) is 11.1. The number of esters is 1. The van der Waals surface area contributed by atoms with Crippen LogP contribution in [-0.4, -0.2) is 46.9 Å². The predicted octanol–water partition coefficient (Wildman–Crippen LogP) is 13.8. The summed E-state index contributed by atoms with van der Waals surface area (Å²) in [7, 11) is 0. The molecular weight excluding hydrogens is 671 g/mol. The molecule has 0 saturated heterocycles. The molecule has 0 aliphatic rings. The number of carbonyl (C=O) groups is 2. The van der Waals surface area contributed by atoms with Crippen molar-refractivity contribution in [3.8, 4) is 0 Å². The van der Waals surface area contributed by atoms with Crippen LogP contribution >= 0.6 is 0 Å². The van der Waals surface area contributed by atoms with Gasteiger partial charge in [-0.05, 0) is 51.4 Å². The molecule has 3 N–H and O–H groups in total. The maximum absolute atomic E-state index is 13.1. The van der Waals surface area contributed by atoms with Gasteiger partial charge in [-0.1, -0.05) is 206 Å². The molecule has 0 aliphatic carbocycles. The molecule has 0 saturated carbocycles. The van der Waals surface area contributed by atoms with E-state index < -0.39 is 18.2 Å². The zero-order chi connectivity index (χ0) is 39.6. The third-order valence-electron chi connectivity index (χ3n) is 11.1. The van der Waals surface area contributed by atoms with E-state index in [-0.39, 0.29) is 24.9 Å². The third kappa shape index (κ3) is 37.5. The maximum atomic E-state index is 13.1. The number of hydrogen-bond donors (Lipinski definition) is 3. The summed E-state index contributed by atoms with van der Waals surface area (Å²) in [5.74, 6) is -0.471. The van der Waals surface area contributed by atoms with E-state index in [9.17, 15) is 19.8 Å². The molecule has 3 atom stereocenters. The molecule has 0 aliphatic heterocycles. The lowest BCUT2D eigenvalue weighted by molar-refractivity contribution is -0.151.